The summed E-state index contributed by atoms with van der Waals surface area (Å²) in [6, 6.07) is 12.4. The van der Waals surface area contributed by atoms with Crippen LogP contribution in [0.1, 0.15) is 25.1 Å². The summed E-state index contributed by atoms with van der Waals surface area (Å²) in [5, 5.41) is 2.28. The number of benzene rings is 2. The van der Waals surface area contributed by atoms with Crippen LogP contribution in [0, 0.1) is 5.92 Å². The summed E-state index contributed by atoms with van der Waals surface area (Å²) in [6.45, 7) is 4.32. The molecule has 1 heterocycles. The van der Waals surface area contributed by atoms with Crippen molar-refractivity contribution in [1.82, 2.24) is 9.97 Å². The lowest BCUT2D eigenvalue weighted by molar-refractivity contribution is -0.0193. The summed E-state index contributed by atoms with van der Waals surface area (Å²) in [7, 11) is 3.44. The lowest BCUT2D eigenvalue weighted by Gasteiger charge is -2.36. The molecule has 1 N–H and O–H groups in total. The highest BCUT2D eigenvalue weighted by atomic mass is 16.5. The molecule has 1 aromatic heterocycles. The highest BCUT2D eigenvalue weighted by molar-refractivity contribution is 5.88. The number of nitrogens with zero attached hydrogens (tertiary/aromatic N) is 1. The van der Waals surface area contributed by atoms with Gasteiger partial charge in [0.05, 0.1) is 25.3 Å². The maximum atomic E-state index is 6.09. The monoisotopic (exact) mass is 310 g/mol. The van der Waals surface area contributed by atoms with Gasteiger partial charge in [-0.2, -0.15) is 0 Å². The highest BCUT2D eigenvalue weighted by Crippen LogP contribution is 2.42. The fourth-order valence-corrected chi connectivity index (χ4v) is 3.39. The molecule has 4 heteroatoms. The number of ether oxygens (including phenoxy) is 2. The molecule has 1 unspecified atom stereocenters. The molecule has 2 aromatic carbocycles. The van der Waals surface area contributed by atoms with Gasteiger partial charge < -0.3 is 14.5 Å². The Morgan fingerprint density at radius 1 is 1.13 bits per heavy atom. The molecule has 3 rings (SSSR count). The van der Waals surface area contributed by atoms with E-state index in [2.05, 4.69) is 48.1 Å². The Balaban J connectivity index is 2.31. The van der Waals surface area contributed by atoms with Crippen LogP contribution in [0.4, 0.5) is 0 Å². The van der Waals surface area contributed by atoms with Crippen LogP contribution in [-0.2, 0) is 10.3 Å². The smallest absolute Gasteiger partial charge is 0.137 e. The molecule has 0 bridgehead atoms. The number of methoxy groups -OCH3 is 2. The first kappa shape index (κ1) is 15.6. The molecular formula is C19H22N2O2. The summed E-state index contributed by atoms with van der Waals surface area (Å²) in [5.41, 5.74) is 1.50. The molecule has 0 aliphatic carbocycles. The molecule has 3 aromatic rings. The van der Waals surface area contributed by atoms with Crippen LogP contribution in [0.25, 0.3) is 10.8 Å². The second kappa shape index (κ2) is 6.05. The maximum Gasteiger partial charge on any atom is 0.137 e. The van der Waals surface area contributed by atoms with Gasteiger partial charge in [0.15, 0.2) is 0 Å². The van der Waals surface area contributed by atoms with Crippen molar-refractivity contribution in [1.29, 1.82) is 0 Å². The minimum Gasteiger partial charge on any atom is -0.497 e. The molecule has 0 spiro atoms. The molecule has 1 atom stereocenters. The van der Waals surface area contributed by atoms with Crippen LogP contribution < -0.4 is 4.74 Å². The van der Waals surface area contributed by atoms with E-state index >= 15 is 0 Å². The summed E-state index contributed by atoms with van der Waals surface area (Å²) in [5.74, 6) is 1.07. The first-order valence-electron chi connectivity index (χ1n) is 7.74. The number of aromatic nitrogens is 2. The van der Waals surface area contributed by atoms with Gasteiger partial charge >= 0.3 is 0 Å². The largest absolute Gasteiger partial charge is 0.497 e. The maximum absolute atomic E-state index is 6.09. The third kappa shape index (κ3) is 2.39. The van der Waals surface area contributed by atoms with Gasteiger partial charge in [-0.15, -0.1) is 0 Å². The molecule has 23 heavy (non-hydrogen) atoms. The summed E-state index contributed by atoms with van der Waals surface area (Å²) in [4.78, 5) is 7.43. The fourth-order valence-electron chi connectivity index (χ4n) is 3.39. The minimum absolute atomic E-state index is 0.223. The number of nitrogens with one attached hydrogen (secondary N) is 1. The Kier molecular flexibility index (Phi) is 4.09. The number of fused-ring (bicyclic) bond motifs is 1. The average Bonchev–Trinajstić information content (AvgIpc) is 3.10. The molecular weight excluding hydrogens is 288 g/mol. The molecule has 0 fully saturated rings. The standard InChI is InChI=1S/C19H22N2O2/c1-13(2)19(23-4,18-11-20-12-21-18)17-7-5-6-14-10-15(22-3)8-9-16(14)17/h5-13H,1-4H3,(H,20,21). The van der Waals surface area contributed by atoms with Crippen molar-refractivity contribution in [2.24, 2.45) is 5.92 Å². The molecule has 0 radical (unpaired) electrons. The van der Waals surface area contributed by atoms with Crippen molar-refractivity contribution in [2.45, 2.75) is 19.4 Å². The van der Waals surface area contributed by atoms with E-state index in [0.29, 0.717) is 0 Å². The lowest BCUT2D eigenvalue weighted by Crippen LogP contribution is -2.36. The van der Waals surface area contributed by atoms with Crippen LogP contribution >= 0.6 is 0 Å². The zero-order chi connectivity index (χ0) is 16.4. The second-order valence-electron chi connectivity index (χ2n) is 5.95. The molecule has 0 aliphatic heterocycles. The number of imidazole rings is 1. The van der Waals surface area contributed by atoms with Gasteiger partial charge in [-0.25, -0.2) is 4.98 Å². The van der Waals surface area contributed by atoms with E-state index in [4.69, 9.17) is 9.47 Å². The van der Waals surface area contributed by atoms with Crippen LogP contribution in [0.3, 0.4) is 0 Å². The number of hydrogen-bond acceptors (Lipinski definition) is 3. The Morgan fingerprint density at radius 3 is 2.57 bits per heavy atom. The fraction of sp³-hybridized carbons (Fsp3) is 0.316. The zero-order valence-corrected chi connectivity index (χ0v) is 14.0. The predicted molar refractivity (Wildman–Crippen MR) is 91.7 cm³/mol. The number of hydrogen-bond donors (Lipinski definition) is 1. The average molecular weight is 310 g/mol. The van der Waals surface area contributed by atoms with Gasteiger partial charge in [0.1, 0.15) is 11.4 Å². The number of aromatic amines is 1. The van der Waals surface area contributed by atoms with Crippen LogP contribution in [0.2, 0.25) is 0 Å². The second-order valence-corrected chi connectivity index (χ2v) is 5.95. The van der Waals surface area contributed by atoms with E-state index in [1.54, 1.807) is 20.5 Å². The molecule has 0 amide bonds. The Bertz CT molecular complexity index is 796. The van der Waals surface area contributed by atoms with E-state index in [9.17, 15) is 0 Å². The molecule has 4 nitrogen and oxygen atoms in total. The van der Waals surface area contributed by atoms with E-state index < -0.39 is 5.60 Å². The van der Waals surface area contributed by atoms with Crippen molar-refractivity contribution in [3.05, 3.63) is 60.2 Å². The minimum atomic E-state index is -0.579. The Labute approximate surface area is 136 Å². The van der Waals surface area contributed by atoms with Crippen molar-refractivity contribution >= 4 is 10.8 Å². The van der Waals surface area contributed by atoms with Gasteiger partial charge in [0.25, 0.3) is 0 Å². The third-order valence-corrected chi connectivity index (χ3v) is 4.52. The first-order valence-corrected chi connectivity index (χ1v) is 7.74. The first-order chi connectivity index (χ1) is 11.1. The quantitative estimate of drug-likeness (QED) is 0.771. The number of rotatable bonds is 5. The molecule has 120 valence electrons. The normalized spacial score (nSPS) is 14.1. The van der Waals surface area contributed by atoms with Crippen LogP contribution in [0.5, 0.6) is 5.75 Å². The topological polar surface area (TPSA) is 47.1 Å². The SMILES string of the molecule is COc1ccc2c(C(OC)(c3cnc[nH]3)C(C)C)cccc2c1. The van der Waals surface area contributed by atoms with Gasteiger partial charge in [-0.1, -0.05) is 38.1 Å². The Hall–Kier alpha value is -2.33. The summed E-state index contributed by atoms with van der Waals surface area (Å²) >= 11 is 0. The summed E-state index contributed by atoms with van der Waals surface area (Å²) in [6.07, 6.45) is 3.53. The highest BCUT2D eigenvalue weighted by Gasteiger charge is 2.40. The zero-order valence-electron chi connectivity index (χ0n) is 14.0. The number of H-pyrrole nitrogens is 1. The molecule has 0 saturated heterocycles. The van der Waals surface area contributed by atoms with E-state index in [1.165, 1.54) is 0 Å². The van der Waals surface area contributed by atoms with Crippen LogP contribution in [0.15, 0.2) is 48.9 Å². The van der Waals surface area contributed by atoms with Gasteiger partial charge in [0.2, 0.25) is 0 Å². The van der Waals surface area contributed by atoms with Gasteiger partial charge in [0, 0.05) is 7.11 Å². The lowest BCUT2D eigenvalue weighted by atomic mass is 9.78. The van der Waals surface area contributed by atoms with Gasteiger partial charge in [-0.05, 0) is 34.4 Å². The molecule has 0 saturated carbocycles. The van der Waals surface area contributed by atoms with E-state index in [1.807, 2.05) is 18.3 Å². The predicted octanol–water partition coefficient (Wildman–Crippen LogP) is 4.12. The van der Waals surface area contributed by atoms with E-state index in [0.717, 1.165) is 27.8 Å². The van der Waals surface area contributed by atoms with Crippen molar-refractivity contribution < 1.29 is 9.47 Å². The van der Waals surface area contributed by atoms with Crippen molar-refractivity contribution in [2.75, 3.05) is 14.2 Å². The summed E-state index contributed by atoms with van der Waals surface area (Å²) < 4.78 is 11.4. The molecule has 0 aliphatic rings. The Morgan fingerprint density at radius 2 is 1.96 bits per heavy atom. The van der Waals surface area contributed by atoms with Crippen LogP contribution in [-0.4, -0.2) is 24.2 Å². The third-order valence-electron chi connectivity index (χ3n) is 4.52. The van der Waals surface area contributed by atoms with Gasteiger partial charge in [-0.3, -0.25) is 0 Å². The van der Waals surface area contributed by atoms with Crippen molar-refractivity contribution in [3.8, 4) is 5.75 Å². The van der Waals surface area contributed by atoms with E-state index in [-0.39, 0.29) is 5.92 Å². The van der Waals surface area contributed by atoms with Crippen molar-refractivity contribution in [3.63, 3.8) is 0 Å².